The maximum atomic E-state index is 12.1. The van der Waals surface area contributed by atoms with E-state index in [2.05, 4.69) is 29.4 Å². The number of amides is 1. The number of nitrogens with zero attached hydrogens (tertiary/aromatic N) is 2. The van der Waals surface area contributed by atoms with Crippen LogP contribution in [0.5, 0.6) is 0 Å². The number of aryl methyl sites for hydroxylation is 1. The maximum Gasteiger partial charge on any atom is 0.239 e. The highest BCUT2D eigenvalue weighted by atomic mass is 35.5. The summed E-state index contributed by atoms with van der Waals surface area (Å²) in [5, 5.41) is 3.44. The van der Waals surface area contributed by atoms with Gasteiger partial charge in [-0.3, -0.25) is 9.69 Å². The van der Waals surface area contributed by atoms with E-state index in [1.165, 1.54) is 17.3 Å². The molecule has 1 aromatic heterocycles. The van der Waals surface area contributed by atoms with Gasteiger partial charge in [0.15, 0.2) is 5.82 Å². The van der Waals surface area contributed by atoms with Gasteiger partial charge in [0.05, 0.1) is 16.6 Å². The highest BCUT2D eigenvalue weighted by Gasteiger charge is 2.11. The number of aromatic nitrogens is 1. The fraction of sp³-hybridized carbons (Fsp3) is 0.250. The largest absolute Gasteiger partial charge is 0.308 e. The van der Waals surface area contributed by atoms with Gasteiger partial charge < -0.3 is 5.32 Å². The van der Waals surface area contributed by atoms with E-state index >= 15 is 0 Å². The molecule has 0 unspecified atom stereocenters. The minimum Gasteiger partial charge on any atom is -0.308 e. The number of likely N-dealkylation sites (N-methyl/N-ethyl adjacent to an activating group) is 1. The van der Waals surface area contributed by atoms with Gasteiger partial charge in [-0.25, -0.2) is 4.98 Å². The van der Waals surface area contributed by atoms with Gasteiger partial charge in [0.25, 0.3) is 0 Å². The van der Waals surface area contributed by atoms with E-state index in [9.17, 15) is 4.79 Å². The van der Waals surface area contributed by atoms with Gasteiger partial charge >= 0.3 is 0 Å². The van der Waals surface area contributed by atoms with Crippen LogP contribution in [0.25, 0.3) is 0 Å². The summed E-state index contributed by atoms with van der Waals surface area (Å²) in [6.45, 7) is 3.00. The minimum atomic E-state index is -0.173. The standard InChI is InChI=1S/C16H17Cl2N3O/c1-11-5-3-4-6-12(11)9-21(2)10-15(22)20-16-14(18)7-13(17)8-19-16/h3-8H,9-10H2,1-2H3,(H,19,20,22). The third-order valence-electron chi connectivity index (χ3n) is 3.18. The number of nitrogens with one attached hydrogen (secondary N) is 1. The number of rotatable bonds is 5. The van der Waals surface area contributed by atoms with E-state index < -0.39 is 0 Å². The van der Waals surface area contributed by atoms with Crippen LogP contribution < -0.4 is 5.32 Å². The molecule has 0 bridgehead atoms. The van der Waals surface area contributed by atoms with E-state index in [4.69, 9.17) is 23.2 Å². The zero-order chi connectivity index (χ0) is 16.1. The number of pyridine rings is 1. The zero-order valence-electron chi connectivity index (χ0n) is 12.4. The van der Waals surface area contributed by atoms with Crippen molar-refractivity contribution in [2.24, 2.45) is 0 Å². The number of anilines is 1. The monoisotopic (exact) mass is 337 g/mol. The molecule has 0 atom stereocenters. The van der Waals surface area contributed by atoms with Crippen LogP contribution in [-0.2, 0) is 11.3 Å². The Morgan fingerprint density at radius 1 is 1.32 bits per heavy atom. The van der Waals surface area contributed by atoms with Crippen molar-refractivity contribution in [3.63, 3.8) is 0 Å². The molecule has 0 radical (unpaired) electrons. The van der Waals surface area contributed by atoms with Gasteiger partial charge in [-0.1, -0.05) is 47.5 Å². The molecule has 2 rings (SSSR count). The second-order valence-electron chi connectivity index (χ2n) is 5.13. The third-order valence-corrected chi connectivity index (χ3v) is 3.68. The maximum absolute atomic E-state index is 12.1. The summed E-state index contributed by atoms with van der Waals surface area (Å²) in [6, 6.07) is 9.65. The van der Waals surface area contributed by atoms with Crippen LogP contribution in [0.3, 0.4) is 0 Å². The lowest BCUT2D eigenvalue weighted by molar-refractivity contribution is -0.117. The Kier molecular flexibility index (Phi) is 5.77. The molecule has 6 heteroatoms. The Bertz CT molecular complexity index is 676. The van der Waals surface area contributed by atoms with E-state index in [1.54, 1.807) is 6.07 Å². The summed E-state index contributed by atoms with van der Waals surface area (Å²) in [7, 11) is 1.89. The van der Waals surface area contributed by atoms with Crippen molar-refractivity contribution >= 4 is 34.9 Å². The predicted molar refractivity (Wildman–Crippen MR) is 90.4 cm³/mol. The third kappa shape index (κ3) is 4.70. The molecule has 0 saturated carbocycles. The Morgan fingerprint density at radius 2 is 2.05 bits per heavy atom. The Balaban J connectivity index is 1.93. The smallest absolute Gasteiger partial charge is 0.239 e. The predicted octanol–water partition coefficient (Wildman–Crippen LogP) is 3.77. The zero-order valence-corrected chi connectivity index (χ0v) is 13.9. The lowest BCUT2D eigenvalue weighted by Crippen LogP contribution is -2.30. The molecule has 0 saturated heterocycles. The average molecular weight is 338 g/mol. The van der Waals surface area contributed by atoms with E-state index in [0.29, 0.717) is 22.4 Å². The first kappa shape index (κ1) is 16.7. The number of benzene rings is 1. The molecule has 22 heavy (non-hydrogen) atoms. The number of carbonyl (C=O) groups excluding carboxylic acids is 1. The molecule has 1 heterocycles. The van der Waals surface area contributed by atoms with Crippen LogP contribution in [0.15, 0.2) is 36.5 Å². The Labute approximate surface area is 140 Å². The Morgan fingerprint density at radius 3 is 2.73 bits per heavy atom. The van der Waals surface area contributed by atoms with Crippen LogP contribution in [0.2, 0.25) is 10.0 Å². The van der Waals surface area contributed by atoms with Gasteiger partial charge in [-0.2, -0.15) is 0 Å². The lowest BCUT2D eigenvalue weighted by Gasteiger charge is -2.17. The minimum absolute atomic E-state index is 0.173. The van der Waals surface area contributed by atoms with Gasteiger partial charge in [-0.15, -0.1) is 0 Å². The van der Waals surface area contributed by atoms with Crippen molar-refractivity contribution in [3.8, 4) is 0 Å². The summed E-state index contributed by atoms with van der Waals surface area (Å²) in [6.07, 6.45) is 1.44. The molecular weight excluding hydrogens is 321 g/mol. The number of hydrogen-bond acceptors (Lipinski definition) is 3. The quantitative estimate of drug-likeness (QED) is 0.903. The first-order valence-electron chi connectivity index (χ1n) is 6.79. The molecule has 0 aliphatic heterocycles. The van der Waals surface area contributed by atoms with Gasteiger partial charge in [0, 0.05) is 12.7 Å². The van der Waals surface area contributed by atoms with Crippen LogP contribution in [0, 0.1) is 6.92 Å². The van der Waals surface area contributed by atoms with Crippen molar-refractivity contribution < 1.29 is 4.79 Å². The molecule has 116 valence electrons. The second-order valence-corrected chi connectivity index (χ2v) is 5.97. The van der Waals surface area contributed by atoms with Crippen LogP contribution in [0.1, 0.15) is 11.1 Å². The summed E-state index contributed by atoms with van der Waals surface area (Å²) in [5.41, 5.74) is 2.40. The molecule has 1 N–H and O–H groups in total. The molecule has 1 amide bonds. The van der Waals surface area contributed by atoms with Crippen molar-refractivity contribution in [1.29, 1.82) is 0 Å². The molecule has 0 spiro atoms. The van der Waals surface area contributed by atoms with E-state index in [0.717, 1.165) is 0 Å². The first-order chi connectivity index (χ1) is 10.5. The second kappa shape index (κ2) is 7.58. The topological polar surface area (TPSA) is 45.2 Å². The number of carbonyl (C=O) groups is 1. The van der Waals surface area contributed by atoms with E-state index in [1.807, 2.05) is 24.1 Å². The van der Waals surface area contributed by atoms with Crippen LogP contribution >= 0.6 is 23.2 Å². The number of hydrogen-bond donors (Lipinski definition) is 1. The highest BCUT2D eigenvalue weighted by molar-refractivity contribution is 6.36. The Hall–Kier alpha value is -1.62. The van der Waals surface area contributed by atoms with Crippen molar-refractivity contribution in [3.05, 3.63) is 57.7 Å². The van der Waals surface area contributed by atoms with Gasteiger partial charge in [-0.05, 0) is 31.2 Å². The molecule has 0 aliphatic rings. The summed E-state index contributed by atoms with van der Waals surface area (Å²) >= 11 is 11.8. The van der Waals surface area contributed by atoms with Gasteiger partial charge in [0.2, 0.25) is 5.91 Å². The fourth-order valence-corrected chi connectivity index (χ4v) is 2.48. The molecule has 1 aromatic carbocycles. The van der Waals surface area contributed by atoms with Gasteiger partial charge in [0.1, 0.15) is 0 Å². The molecule has 2 aromatic rings. The van der Waals surface area contributed by atoms with Crippen molar-refractivity contribution in [2.75, 3.05) is 18.9 Å². The molecule has 0 aliphatic carbocycles. The highest BCUT2D eigenvalue weighted by Crippen LogP contribution is 2.22. The van der Waals surface area contributed by atoms with Crippen molar-refractivity contribution in [1.82, 2.24) is 9.88 Å². The SMILES string of the molecule is Cc1ccccc1CN(C)CC(=O)Nc1ncc(Cl)cc1Cl. The summed E-state index contributed by atoms with van der Waals surface area (Å²) in [5.74, 6) is 0.146. The van der Waals surface area contributed by atoms with Crippen LogP contribution in [0.4, 0.5) is 5.82 Å². The summed E-state index contributed by atoms with van der Waals surface area (Å²) < 4.78 is 0. The first-order valence-corrected chi connectivity index (χ1v) is 7.55. The molecule has 4 nitrogen and oxygen atoms in total. The normalized spacial score (nSPS) is 10.8. The summed E-state index contributed by atoms with van der Waals surface area (Å²) in [4.78, 5) is 18.0. The molecule has 0 fully saturated rings. The fourth-order valence-electron chi connectivity index (χ4n) is 2.06. The lowest BCUT2D eigenvalue weighted by atomic mass is 10.1. The van der Waals surface area contributed by atoms with Crippen molar-refractivity contribution in [2.45, 2.75) is 13.5 Å². The number of halogens is 2. The average Bonchev–Trinajstić information content (AvgIpc) is 2.44. The van der Waals surface area contributed by atoms with E-state index in [-0.39, 0.29) is 12.5 Å². The van der Waals surface area contributed by atoms with Crippen LogP contribution in [-0.4, -0.2) is 29.4 Å². The molecular formula is C16H17Cl2N3O.